The van der Waals surface area contributed by atoms with E-state index in [4.69, 9.17) is 5.73 Å². The van der Waals surface area contributed by atoms with Crippen molar-refractivity contribution < 1.29 is 9.59 Å². The van der Waals surface area contributed by atoms with Crippen LogP contribution in [0.4, 0.5) is 4.79 Å². The molecule has 0 saturated carbocycles. The van der Waals surface area contributed by atoms with E-state index in [0.29, 0.717) is 19.0 Å². The Bertz CT molecular complexity index is 257. The van der Waals surface area contributed by atoms with Crippen molar-refractivity contribution in [3.63, 3.8) is 0 Å². The van der Waals surface area contributed by atoms with Crippen LogP contribution in [0.3, 0.4) is 0 Å². The van der Waals surface area contributed by atoms with Gasteiger partial charge in [0.15, 0.2) is 0 Å². The summed E-state index contributed by atoms with van der Waals surface area (Å²) in [6, 6.07) is -0.680. The molecule has 6 heteroatoms. The number of nitrogens with one attached hydrogen (secondary N) is 3. The summed E-state index contributed by atoms with van der Waals surface area (Å²) in [6.07, 6.45) is 2.19. The third kappa shape index (κ3) is 4.06. The number of nitrogens with two attached hydrogens (primary N) is 1. The Hall–Kier alpha value is -1.30. The summed E-state index contributed by atoms with van der Waals surface area (Å²) in [4.78, 5) is 22.1. The zero-order valence-electron chi connectivity index (χ0n) is 9.58. The maximum absolute atomic E-state index is 11.7. The molecule has 0 aliphatic carbocycles. The van der Waals surface area contributed by atoms with Crippen molar-refractivity contribution in [3.8, 4) is 0 Å². The molecule has 92 valence electrons. The Labute approximate surface area is 95.3 Å². The van der Waals surface area contributed by atoms with Crippen molar-refractivity contribution >= 4 is 11.9 Å². The van der Waals surface area contributed by atoms with E-state index in [1.807, 2.05) is 0 Å². The van der Waals surface area contributed by atoms with Gasteiger partial charge in [0.25, 0.3) is 0 Å². The van der Waals surface area contributed by atoms with Crippen LogP contribution in [0.25, 0.3) is 0 Å². The molecule has 6 nitrogen and oxygen atoms in total. The van der Waals surface area contributed by atoms with Crippen LogP contribution in [-0.4, -0.2) is 37.6 Å². The van der Waals surface area contributed by atoms with Crippen molar-refractivity contribution in [1.82, 2.24) is 16.0 Å². The minimum Gasteiger partial charge on any atom is -0.353 e. The smallest absolute Gasteiger partial charge is 0.312 e. The Morgan fingerprint density at radius 2 is 2.06 bits per heavy atom. The predicted molar refractivity (Wildman–Crippen MR) is 60.8 cm³/mol. The molecule has 1 rings (SSSR count). The first-order valence-electron chi connectivity index (χ1n) is 5.65. The zero-order valence-corrected chi connectivity index (χ0v) is 9.58. The molecular formula is C10H20N4O2. The molecule has 1 fully saturated rings. The van der Waals surface area contributed by atoms with Gasteiger partial charge < -0.3 is 21.7 Å². The summed E-state index contributed by atoms with van der Waals surface area (Å²) in [5, 5.41) is 8.38. The minimum atomic E-state index is -0.571. The van der Waals surface area contributed by atoms with Crippen molar-refractivity contribution in [1.29, 1.82) is 0 Å². The Morgan fingerprint density at radius 1 is 1.38 bits per heavy atom. The first-order chi connectivity index (χ1) is 7.61. The van der Waals surface area contributed by atoms with Gasteiger partial charge in [0, 0.05) is 13.1 Å². The molecule has 2 unspecified atom stereocenters. The number of carbonyl (C=O) groups excluding carboxylic acids is 2. The molecule has 3 amide bonds. The maximum Gasteiger partial charge on any atom is 0.312 e. The number of piperidine rings is 1. The highest BCUT2D eigenvalue weighted by Crippen LogP contribution is 2.15. The predicted octanol–water partition coefficient (Wildman–Crippen LogP) is -0.841. The molecule has 0 radical (unpaired) electrons. The molecule has 2 atom stereocenters. The lowest BCUT2D eigenvalue weighted by molar-refractivity contribution is -0.124. The number of primary amides is 1. The number of rotatable bonds is 4. The van der Waals surface area contributed by atoms with E-state index in [1.54, 1.807) is 0 Å². The summed E-state index contributed by atoms with van der Waals surface area (Å²) in [5.41, 5.74) is 4.90. The fourth-order valence-electron chi connectivity index (χ4n) is 1.88. The molecule has 0 aromatic rings. The average Bonchev–Trinajstić information content (AvgIpc) is 2.24. The maximum atomic E-state index is 11.7. The Balaban J connectivity index is 2.20. The monoisotopic (exact) mass is 228 g/mol. The van der Waals surface area contributed by atoms with Crippen LogP contribution in [0.1, 0.15) is 19.8 Å². The van der Waals surface area contributed by atoms with E-state index in [-0.39, 0.29) is 11.9 Å². The molecule has 0 aromatic carbocycles. The van der Waals surface area contributed by atoms with Gasteiger partial charge >= 0.3 is 6.03 Å². The van der Waals surface area contributed by atoms with Crippen LogP contribution in [0.2, 0.25) is 0 Å². The summed E-state index contributed by atoms with van der Waals surface area (Å²) in [7, 11) is 0. The van der Waals surface area contributed by atoms with Crippen molar-refractivity contribution in [3.05, 3.63) is 0 Å². The topological polar surface area (TPSA) is 96.2 Å². The highest BCUT2D eigenvalue weighted by atomic mass is 16.2. The number of urea groups is 1. The van der Waals surface area contributed by atoms with Gasteiger partial charge in [-0.2, -0.15) is 0 Å². The quantitative estimate of drug-likeness (QED) is 0.472. The highest BCUT2D eigenvalue weighted by molar-refractivity contribution is 5.82. The minimum absolute atomic E-state index is 0.00142. The molecule has 16 heavy (non-hydrogen) atoms. The van der Waals surface area contributed by atoms with Gasteiger partial charge in [-0.3, -0.25) is 4.79 Å². The fraction of sp³-hybridized carbons (Fsp3) is 0.800. The second-order valence-electron chi connectivity index (χ2n) is 4.13. The second-order valence-corrected chi connectivity index (χ2v) is 4.13. The SMILES string of the molecule is CC1CCCNC1C(=O)NCCNC(N)=O. The highest BCUT2D eigenvalue weighted by Gasteiger charge is 2.26. The molecule has 0 bridgehead atoms. The number of amides is 3. The van der Waals surface area contributed by atoms with E-state index < -0.39 is 6.03 Å². The van der Waals surface area contributed by atoms with Gasteiger partial charge in [0.1, 0.15) is 0 Å². The van der Waals surface area contributed by atoms with Gasteiger partial charge in [0.2, 0.25) is 5.91 Å². The van der Waals surface area contributed by atoms with Gasteiger partial charge in [-0.1, -0.05) is 6.92 Å². The summed E-state index contributed by atoms with van der Waals surface area (Å²) in [5.74, 6) is 0.358. The van der Waals surface area contributed by atoms with Crippen LogP contribution >= 0.6 is 0 Å². The van der Waals surface area contributed by atoms with Crippen LogP contribution < -0.4 is 21.7 Å². The van der Waals surface area contributed by atoms with E-state index >= 15 is 0 Å². The lowest BCUT2D eigenvalue weighted by Crippen LogP contribution is -2.52. The average molecular weight is 228 g/mol. The molecule has 5 N–H and O–H groups in total. The Morgan fingerprint density at radius 3 is 2.69 bits per heavy atom. The standard InChI is InChI=1S/C10H20N4O2/c1-7-3-2-4-12-8(7)9(15)13-5-6-14-10(11)16/h7-8,12H,2-6H2,1H3,(H,13,15)(H3,11,14,16). The van der Waals surface area contributed by atoms with E-state index in [1.165, 1.54) is 0 Å². The van der Waals surface area contributed by atoms with Crippen LogP contribution in [0, 0.1) is 5.92 Å². The molecule has 1 aliphatic heterocycles. The van der Waals surface area contributed by atoms with Crippen LogP contribution in [-0.2, 0) is 4.79 Å². The van der Waals surface area contributed by atoms with E-state index in [2.05, 4.69) is 22.9 Å². The first kappa shape index (κ1) is 12.8. The zero-order chi connectivity index (χ0) is 12.0. The van der Waals surface area contributed by atoms with Crippen molar-refractivity contribution in [2.24, 2.45) is 11.7 Å². The normalized spacial score (nSPS) is 24.8. The van der Waals surface area contributed by atoms with Crippen molar-refractivity contribution in [2.45, 2.75) is 25.8 Å². The van der Waals surface area contributed by atoms with Crippen molar-refractivity contribution in [2.75, 3.05) is 19.6 Å². The molecule has 0 aromatic heterocycles. The third-order valence-electron chi connectivity index (χ3n) is 2.78. The Kier molecular flexibility index (Phi) is 5.04. The number of carbonyl (C=O) groups is 2. The lowest BCUT2D eigenvalue weighted by Gasteiger charge is -2.28. The molecular weight excluding hydrogens is 208 g/mol. The van der Waals surface area contributed by atoms with Gasteiger partial charge in [-0.05, 0) is 25.3 Å². The first-order valence-corrected chi connectivity index (χ1v) is 5.65. The largest absolute Gasteiger partial charge is 0.353 e. The summed E-state index contributed by atoms with van der Waals surface area (Å²) < 4.78 is 0. The fourth-order valence-corrected chi connectivity index (χ4v) is 1.88. The molecule has 1 heterocycles. The number of hydrogen-bond acceptors (Lipinski definition) is 3. The summed E-state index contributed by atoms with van der Waals surface area (Å²) in [6.45, 7) is 3.73. The lowest BCUT2D eigenvalue weighted by atomic mass is 9.92. The van der Waals surface area contributed by atoms with E-state index in [9.17, 15) is 9.59 Å². The molecule has 1 saturated heterocycles. The summed E-state index contributed by atoms with van der Waals surface area (Å²) >= 11 is 0. The molecule has 1 aliphatic rings. The third-order valence-corrected chi connectivity index (χ3v) is 2.78. The van der Waals surface area contributed by atoms with Gasteiger partial charge in [0.05, 0.1) is 6.04 Å². The van der Waals surface area contributed by atoms with Gasteiger partial charge in [-0.25, -0.2) is 4.79 Å². The second kappa shape index (κ2) is 6.32. The van der Waals surface area contributed by atoms with E-state index in [0.717, 1.165) is 19.4 Å². The number of hydrogen-bond donors (Lipinski definition) is 4. The van der Waals surface area contributed by atoms with Gasteiger partial charge in [-0.15, -0.1) is 0 Å². The molecule has 0 spiro atoms. The van der Waals surface area contributed by atoms with Crippen LogP contribution in [0.15, 0.2) is 0 Å². The van der Waals surface area contributed by atoms with Crippen LogP contribution in [0.5, 0.6) is 0 Å².